The highest BCUT2D eigenvalue weighted by atomic mass is 16.1. The summed E-state index contributed by atoms with van der Waals surface area (Å²) < 4.78 is 0. The first kappa shape index (κ1) is 8.65. The summed E-state index contributed by atoms with van der Waals surface area (Å²) in [6.07, 6.45) is 0.766. The van der Waals surface area contributed by atoms with Gasteiger partial charge < -0.3 is 0 Å². The fraction of sp³-hybridized carbons (Fsp3) is 0.200. The zero-order valence-corrected chi connectivity index (χ0v) is 7.13. The van der Waals surface area contributed by atoms with E-state index in [1.807, 2.05) is 0 Å². The van der Waals surface area contributed by atoms with Crippen LogP contribution in [0.4, 0.5) is 0 Å². The Hall–Kier alpha value is -1.44. The van der Waals surface area contributed by atoms with Crippen LogP contribution in [0.25, 0.3) is 0 Å². The fourth-order valence-corrected chi connectivity index (χ4v) is 1.16. The van der Waals surface area contributed by atoms with Gasteiger partial charge in [-0.25, -0.2) is 0 Å². The van der Waals surface area contributed by atoms with Gasteiger partial charge in [-0.2, -0.15) is 0 Å². The van der Waals surface area contributed by atoms with E-state index in [0.717, 1.165) is 11.8 Å². The summed E-state index contributed by atoms with van der Waals surface area (Å²) in [7, 11) is 0. The van der Waals surface area contributed by atoms with Crippen molar-refractivity contribution in [2.75, 3.05) is 0 Å². The van der Waals surface area contributed by atoms with Crippen molar-refractivity contribution >= 4 is 12.1 Å². The summed E-state index contributed by atoms with van der Waals surface area (Å²) in [6, 6.07) is 5.15. The maximum absolute atomic E-state index is 11.0. The van der Waals surface area contributed by atoms with E-state index in [2.05, 4.69) is 0 Å². The lowest BCUT2D eigenvalue weighted by Gasteiger charge is -2.02. The van der Waals surface area contributed by atoms with Crippen molar-refractivity contribution in [2.24, 2.45) is 0 Å². The maximum Gasteiger partial charge on any atom is 0.160 e. The second-order valence-electron chi connectivity index (χ2n) is 2.69. The number of aldehydes is 1. The molecule has 2 heteroatoms. The third-order valence-electron chi connectivity index (χ3n) is 1.88. The predicted molar refractivity (Wildman–Crippen MR) is 46.6 cm³/mol. The van der Waals surface area contributed by atoms with Crippen LogP contribution in [0.15, 0.2) is 18.2 Å². The standard InChI is InChI=1S/C10H10O2/c1-7-9(6-11)4-3-5-10(7)8(2)12/h3-6H,1-2H3. The minimum atomic E-state index is -0.00352. The largest absolute Gasteiger partial charge is 0.298 e. The third kappa shape index (κ3) is 1.42. The summed E-state index contributed by atoms with van der Waals surface area (Å²) in [4.78, 5) is 21.5. The summed E-state index contributed by atoms with van der Waals surface area (Å²) in [5, 5.41) is 0. The van der Waals surface area contributed by atoms with Crippen molar-refractivity contribution in [1.29, 1.82) is 0 Å². The second-order valence-corrected chi connectivity index (χ2v) is 2.69. The number of carbonyl (C=O) groups excluding carboxylic acids is 2. The maximum atomic E-state index is 11.0. The number of benzene rings is 1. The van der Waals surface area contributed by atoms with Crippen LogP contribution in [0.1, 0.15) is 33.2 Å². The molecule has 0 unspecified atom stereocenters. The summed E-state index contributed by atoms with van der Waals surface area (Å²) in [5.41, 5.74) is 1.97. The van der Waals surface area contributed by atoms with Crippen molar-refractivity contribution in [3.05, 3.63) is 34.9 Å². The zero-order chi connectivity index (χ0) is 9.14. The number of Topliss-reactive ketones (excluding diaryl/α,β-unsaturated/α-hetero) is 1. The second kappa shape index (κ2) is 3.30. The van der Waals surface area contributed by atoms with Gasteiger partial charge in [0.25, 0.3) is 0 Å². The van der Waals surface area contributed by atoms with Crippen LogP contribution in [-0.4, -0.2) is 12.1 Å². The topological polar surface area (TPSA) is 34.1 Å². The van der Waals surface area contributed by atoms with Crippen LogP contribution in [0, 0.1) is 6.92 Å². The first-order valence-corrected chi connectivity index (χ1v) is 3.72. The number of hydrogen-bond donors (Lipinski definition) is 0. The van der Waals surface area contributed by atoms with E-state index >= 15 is 0 Å². The molecule has 0 fully saturated rings. The molecule has 0 bridgehead atoms. The van der Waals surface area contributed by atoms with E-state index < -0.39 is 0 Å². The van der Waals surface area contributed by atoms with Crippen LogP contribution in [0.3, 0.4) is 0 Å². The molecule has 0 spiro atoms. The average Bonchev–Trinajstić information content (AvgIpc) is 2.04. The van der Waals surface area contributed by atoms with Gasteiger partial charge >= 0.3 is 0 Å². The highest BCUT2D eigenvalue weighted by molar-refractivity contribution is 5.97. The van der Waals surface area contributed by atoms with E-state index in [1.54, 1.807) is 25.1 Å². The molecule has 0 amide bonds. The van der Waals surface area contributed by atoms with Crippen LogP contribution >= 0.6 is 0 Å². The van der Waals surface area contributed by atoms with E-state index in [1.165, 1.54) is 6.92 Å². The number of hydrogen-bond acceptors (Lipinski definition) is 2. The molecule has 0 aromatic heterocycles. The molecule has 0 heterocycles. The summed E-state index contributed by atoms with van der Waals surface area (Å²) >= 11 is 0. The summed E-state index contributed by atoms with van der Waals surface area (Å²) in [5.74, 6) is -0.00352. The molecule has 62 valence electrons. The van der Waals surface area contributed by atoms with Crippen LogP contribution in [0.2, 0.25) is 0 Å². The van der Waals surface area contributed by atoms with Crippen molar-refractivity contribution < 1.29 is 9.59 Å². The molecule has 0 atom stereocenters. The Balaban J connectivity index is 3.32. The van der Waals surface area contributed by atoms with E-state index in [-0.39, 0.29) is 5.78 Å². The minimum absolute atomic E-state index is 0.00352. The van der Waals surface area contributed by atoms with Gasteiger partial charge in [0.05, 0.1) is 0 Å². The Morgan fingerprint density at radius 2 is 2.08 bits per heavy atom. The van der Waals surface area contributed by atoms with Gasteiger partial charge in [-0.3, -0.25) is 9.59 Å². The number of ketones is 1. The molecule has 1 rings (SSSR count). The normalized spacial score (nSPS) is 9.50. The average molecular weight is 162 g/mol. The molecule has 0 saturated carbocycles. The van der Waals surface area contributed by atoms with Crippen molar-refractivity contribution in [3.8, 4) is 0 Å². The Bertz CT molecular complexity index is 327. The van der Waals surface area contributed by atoms with Crippen LogP contribution < -0.4 is 0 Å². The minimum Gasteiger partial charge on any atom is -0.298 e. The van der Waals surface area contributed by atoms with Gasteiger partial charge in [-0.15, -0.1) is 0 Å². The molecule has 0 radical (unpaired) electrons. The van der Waals surface area contributed by atoms with Gasteiger partial charge in [0.1, 0.15) is 6.29 Å². The van der Waals surface area contributed by atoms with E-state index in [4.69, 9.17) is 0 Å². The Labute approximate surface area is 71.2 Å². The highest BCUT2D eigenvalue weighted by Gasteiger charge is 2.05. The Kier molecular flexibility index (Phi) is 2.38. The molecule has 2 nitrogen and oxygen atoms in total. The van der Waals surface area contributed by atoms with Crippen LogP contribution in [-0.2, 0) is 0 Å². The number of rotatable bonds is 2. The molecule has 1 aromatic rings. The van der Waals surface area contributed by atoms with Crippen LogP contribution in [0.5, 0.6) is 0 Å². The highest BCUT2D eigenvalue weighted by Crippen LogP contribution is 2.12. The molecule has 0 saturated heterocycles. The molecular weight excluding hydrogens is 152 g/mol. The van der Waals surface area contributed by atoms with Gasteiger partial charge in [0.15, 0.2) is 5.78 Å². The lowest BCUT2D eigenvalue weighted by molar-refractivity contribution is 0.101. The fourth-order valence-electron chi connectivity index (χ4n) is 1.16. The first-order chi connectivity index (χ1) is 5.66. The molecule has 0 N–H and O–H groups in total. The Morgan fingerprint density at radius 3 is 2.58 bits per heavy atom. The van der Waals surface area contributed by atoms with Gasteiger partial charge in [0.2, 0.25) is 0 Å². The molecule has 12 heavy (non-hydrogen) atoms. The number of carbonyl (C=O) groups is 2. The lowest BCUT2D eigenvalue weighted by atomic mass is 10.0. The third-order valence-corrected chi connectivity index (χ3v) is 1.88. The van der Waals surface area contributed by atoms with Gasteiger partial charge in [-0.05, 0) is 19.4 Å². The van der Waals surface area contributed by atoms with E-state index in [9.17, 15) is 9.59 Å². The SMILES string of the molecule is CC(=O)c1cccc(C=O)c1C. The van der Waals surface area contributed by atoms with Gasteiger partial charge in [-0.1, -0.05) is 18.2 Å². The molecular formula is C10H10O2. The summed E-state index contributed by atoms with van der Waals surface area (Å²) in [6.45, 7) is 3.28. The molecule has 0 aliphatic heterocycles. The molecule has 0 aliphatic carbocycles. The van der Waals surface area contributed by atoms with Crippen molar-refractivity contribution in [3.63, 3.8) is 0 Å². The van der Waals surface area contributed by atoms with E-state index in [0.29, 0.717) is 11.1 Å². The first-order valence-electron chi connectivity index (χ1n) is 3.72. The predicted octanol–water partition coefficient (Wildman–Crippen LogP) is 2.01. The quantitative estimate of drug-likeness (QED) is 0.492. The molecule has 1 aromatic carbocycles. The van der Waals surface area contributed by atoms with Crippen molar-refractivity contribution in [1.82, 2.24) is 0 Å². The molecule has 0 aliphatic rings. The lowest BCUT2D eigenvalue weighted by Crippen LogP contribution is -1.98. The Morgan fingerprint density at radius 1 is 1.42 bits per heavy atom. The zero-order valence-electron chi connectivity index (χ0n) is 7.13. The smallest absolute Gasteiger partial charge is 0.160 e. The van der Waals surface area contributed by atoms with Gasteiger partial charge in [0, 0.05) is 11.1 Å². The van der Waals surface area contributed by atoms with Crippen molar-refractivity contribution in [2.45, 2.75) is 13.8 Å². The monoisotopic (exact) mass is 162 g/mol.